The molecule has 6 nitrogen and oxygen atoms in total. The summed E-state index contributed by atoms with van der Waals surface area (Å²) in [5.41, 5.74) is 1.13. The number of halogens is 1. The zero-order valence-electron chi connectivity index (χ0n) is 18.4. The normalized spacial score (nSPS) is 15.4. The molecule has 0 saturated heterocycles. The van der Waals surface area contributed by atoms with Gasteiger partial charge in [0.1, 0.15) is 11.6 Å². The number of rotatable bonds is 8. The van der Waals surface area contributed by atoms with E-state index >= 15 is 0 Å². The Hall–Kier alpha value is -2.61. The molecular weight excluding hydrogens is 431 g/mol. The average molecular weight is 463 g/mol. The van der Waals surface area contributed by atoms with Crippen LogP contribution in [0.25, 0.3) is 0 Å². The summed E-state index contributed by atoms with van der Waals surface area (Å²) in [5.74, 6) is -0.0368. The van der Waals surface area contributed by atoms with Gasteiger partial charge in [-0.3, -0.25) is 9.10 Å². The van der Waals surface area contributed by atoms with Crippen LogP contribution in [-0.4, -0.2) is 33.2 Å². The number of hydrogen-bond donors (Lipinski definition) is 1. The molecule has 1 amide bonds. The molecule has 0 aliphatic heterocycles. The number of sulfonamides is 1. The van der Waals surface area contributed by atoms with E-state index in [1.54, 1.807) is 36.4 Å². The number of carbonyl (C=O) groups is 1. The Kier molecular flexibility index (Phi) is 8.50. The van der Waals surface area contributed by atoms with Crippen molar-refractivity contribution in [3.63, 3.8) is 0 Å². The zero-order valence-corrected chi connectivity index (χ0v) is 19.2. The largest absolute Gasteiger partial charge is 0.484 e. The van der Waals surface area contributed by atoms with Crippen LogP contribution >= 0.6 is 0 Å². The van der Waals surface area contributed by atoms with Crippen LogP contribution in [0.1, 0.15) is 50.5 Å². The van der Waals surface area contributed by atoms with Crippen LogP contribution in [-0.2, 0) is 21.4 Å². The molecule has 1 saturated carbocycles. The van der Waals surface area contributed by atoms with Gasteiger partial charge in [-0.05, 0) is 54.8 Å². The fourth-order valence-corrected chi connectivity index (χ4v) is 4.77. The lowest BCUT2D eigenvalue weighted by molar-refractivity contribution is -0.123. The first-order chi connectivity index (χ1) is 15.3. The molecule has 0 aromatic heterocycles. The number of nitrogens with zero attached hydrogens (tertiary/aromatic N) is 1. The van der Waals surface area contributed by atoms with Crippen LogP contribution in [0.2, 0.25) is 0 Å². The van der Waals surface area contributed by atoms with Gasteiger partial charge >= 0.3 is 0 Å². The predicted molar refractivity (Wildman–Crippen MR) is 124 cm³/mol. The van der Waals surface area contributed by atoms with Gasteiger partial charge in [0.15, 0.2) is 6.61 Å². The Morgan fingerprint density at radius 2 is 1.59 bits per heavy atom. The van der Waals surface area contributed by atoms with Gasteiger partial charge in [-0.25, -0.2) is 12.8 Å². The van der Waals surface area contributed by atoms with Crippen LogP contribution in [0.4, 0.5) is 10.1 Å². The Bertz CT molecular complexity index is 970. The zero-order chi connectivity index (χ0) is 23.0. The summed E-state index contributed by atoms with van der Waals surface area (Å²) in [4.78, 5) is 12.3. The first-order valence-electron chi connectivity index (χ1n) is 11.1. The fraction of sp³-hybridized carbons (Fsp3) is 0.458. The molecule has 2 aromatic carbocycles. The van der Waals surface area contributed by atoms with E-state index in [9.17, 15) is 17.6 Å². The van der Waals surface area contributed by atoms with Crippen molar-refractivity contribution >= 4 is 21.6 Å². The van der Waals surface area contributed by atoms with Crippen LogP contribution in [0.15, 0.2) is 48.5 Å². The second-order valence-electron chi connectivity index (χ2n) is 8.29. The van der Waals surface area contributed by atoms with Gasteiger partial charge < -0.3 is 10.1 Å². The van der Waals surface area contributed by atoms with Gasteiger partial charge in [-0.1, -0.05) is 44.2 Å². The van der Waals surface area contributed by atoms with Crippen molar-refractivity contribution in [2.24, 2.45) is 0 Å². The third-order valence-electron chi connectivity index (χ3n) is 5.60. The lowest BCUT2D eigenvalue weighted by Crippen LogP contribution is -2.38. The second-order valence-corrected chi connectivity index (χ2v) is 10.2. The van der Waals surface area contributed by atoms with E-state index in [-0.39, 0.29) is 30.9 Å². The molecule has 0 spiro atoms. The summed E-state index contributed by atoms with van der Waals surface area (Å²) in [6, 6.07) is 12.5. The number of hydrogen-bond acceptors (Lipinski definition) is 4. The van der Waals surface area contributed by atoms with Crippen molar-refractivity contribution in [1.82, 2.24) is 5.32 Å². The lowest BCUT2D eigenvalue weighted by Gasteiger charge is -2.23. The molecule has 0 unspecified atom stereocenters. The molecule has 1 N–H and O–H groups in total. The first kappa shape index (κ1) is 24.0. The molecule has 0 atom stereocenters. The molecule has 1 aliphatic carbocycles. The van der Waals surface area contributed by atoms with Gasteiger partial charge in [0.25, 0.3) is 5.91 Å². The Balaban J connectivity index is 1.57. The van der Waals surface area contributed by atoms with Crippen LogP contribution in [0.5, 0.6) is 5.75 Å². The van der Waals surface area contributed by atoms with E-state index in [4.69, 9.17) is 4.74 Å². The van der Waals surface area contributed by atoms with Crippen molar-refractivity contribution < 1.29 is 22.3 Å². The highest BCUT2D eigenvalue weighted by Crippen LogP contribution is 2.24. The fourth-order valence-electron chi connectivity index (χ4n) is 3.88. The number of ether oxygens (including phenoxy) is 1. The van der Waals surface area contributed by atoms with Crippen molar-refractivity contribution in [1.29, 1.82) is 0 Å². The molecule has 0 heterocycles. The third-order valence-corrected chi connectivity index (χ3v) is 6.75. The quantitative estimate of drug-likeness (QED) is 0.631. The van der Waals surface area contributed by atoms with Crippen LogP contribution in [0.3, 0.4) is 0 Å². The number of anilines is 1. The Morgan fingerprint density at radius 3 is 2.19 bits per heavy atom. The molecule has 1 fully saturated rings. The van der Waals surface area contributed by atoms with Gasteiger partial charge in [0, 0.05) is 6.04 Å². The van der Waals surface area contributed by atoms with Gasteiger partial charge in [-0.15, -0.1) is 0 Å². The summed E-state index contributed by atoms with van der Waals surface area (Å²) in [6.07, 6.45) is 9.15. The molecule has 0 radical (unpaired) electrons. The SMILES string of the molecule is CS(=O)(=O)N(Cc1ccc(F)cc1)c1ccc(OCC(=O)NC2CCCCCCC2)cc1. The van der Waals surface area contributed by atoms with Gasteiger partial charge in [0.05, 0.1) is 18.5 Å². The summed E-state index contributed by atoms with van der Waals surface area (Å²) in [7, 11) is -3.55. The number of amides is 1. The molecule has 8 heteroatoms. The van der Waals surface area contributed by atoms with E-state index in [1.165, 1.54) is 35.7 Å². The Morgan fingerprint density at radius 1 is 1.00 bits per heavy atom. The maximum absolute atomic E-state index is 13.1. The van der Waals surface area contributed by atoms with Crippen molar-refractivity contribution in [2.75, 3.05) is 17.2 Å². The highest BCUT2D eigenvalue weighted by atomic mass is 32.2. The first-order valence-corrected chi connectivity index (χ1v) is 12.9. The minimum Gasteiger partial charge on any atom is -0.484 e. The lowest BCUT2D eigenvalue weighted by atomic mass is 9.97. The smallest absolute Gasteiger partial charge is 0.258 e. The van der Waals surface area contributed by atoms with Gasteiger partial charge in [-0.2, -0.15) is 0 Å². The van der Waals surface area contributed by atoms with E-state index in [0.29, 0.717) is 17.0 Å². The molecule has 0 bridgehead atoms. The molecule has 2 aromatic rings. The van der Waals surface area contributed by atoms with E-state index in [2.05, 4.69) is 5.32 Å². The summed E-state index contributed by atoms with van der Waals surface area (Å²) in [6.45, 7) is 0.00429. The predicted octanol–water partition coefficient (Wildman–Crippen LogP) is 4.40. The van der Waals surface area contributed by atoms with Crippen molar-refractivity contribution in [2.45, 2.75) is 57.5 Å². The van der Waals surface area contributed by atoms with Crippen molar-refractivity contribution in [3.8, 4) is 5.75 Å². The highest BCUT2D eigenvalue weighted by molar-refractivity contribution is 7.92. The standard InChI is InChI=1S/C24H31FN2O4S/c1-32(29,30)27(17-19-9-11-20(25)12-10-19)22-13-15-23(16-14-22)31-18-24(28)26-21-7-5-3-2-4-6-8-21/h9-16,21H,2-8,17-18H2,1H3,(H,26,28). The second kappa shape index (κ2) is 11.3. The molecule has 1 aliphatic rings. The summed E-state index contributed by atoms with van der Waals surface area (Å²) in [5, 5.41) is 3.06. The number of nitrogens with one attached hydrogen (secondary N) is 1. The number of benzene rings is 2. The van der Waals surface area contributed by atoms with Crippen LogP contribution < -0.4 is 14.4 Å². The van der Waals surface area contributed by atoms with Crippen LogP contribution in [0, 0.1) is 5.82 Å². The molecule has 32 heavy (non-hydrogen) atoms. The van der Waals surface area contributed by atoms with Crippen molar-refractivity contribution in [3.05, 3.63) is 59.9 Å². The minimum atomic E-state index is -3.55. The van der Waals surface area contributed by atoms with E-state index in [0.717, 1.165) is 31.9 Å². The summed E-state index contributed by atoms with van der Waals surface area (Å²) >= 11 is 0. The minimum absolute atomic E-state index is 0.0821. The topological polar surface area (TPSA) is 75.7 Å². The third kappa shape index (κ3) is 7.51. The highest BCUT2D eigenvalue weighted by Gasteiger charge is 2.18. The van der Waals surface area contributed by atoms with Gasteiger partial charge in [0.2, 0.25) is 10.0 Å². The molecule has 3 rings (SSSR count). The maximum atomic E-state index is 13.1. The molecular formula is C24H31FN2O4S. The molecule has 174 valence electrons. The van der Waals surface area contributed by atoms with E-state index in [1.807, 2.05) is 0 Å². The summed E-state index contributed by atoms with van der Waals surface area (Å²) < 4.78 is 44.6. The number of carbonyl (C=O) groups excluding carboxylic acids is 1. The monoisotopic (exact) mass is 462 g/mol. The van der Waals surface area contributed by atoms with E-state index < -0.39 is 10.0 Å². The Labute approximate surface area is 189 Å². The average Bonchev–Trinajstić information content (AvgIpc) is 2.73. The maximum Gasteiger partial charge on any atom is 0.258 e.